The number of carbonyl (C=O) groups is 1. The van der Waals surface area contributed by atoms with Crippen LogP contribution in [-0.2, 0) is 19.0 Å². The number of hydrogen-bond acceptors (Lipinski definition) is 5. The molecular formula is C14H28N2O4. The van der Waals surface area contributed by atoms with Crippen LogP contribution >= 0.6 is 0 Å². The Labute approximate surface area is 121 Å². The summed E-state index contributed by atoms with van der Waals surface area (Å²) in [5.74, 6) is 0.00597. The van der Waals surface area contributed by atoms with E-state index in [1.165, 1.54) is 0 Å². The third-order valence-corrected chi connectivity index (χ3v) is 3.06. The van der Waals surface area contributed by atoms with Gasteiger partial charge in [0, 0.05) is 25.8 Å². The number of nitrogens with zero attached hydrogens (tertiary/aromatic N) is 1. The highest BCUT2D eigenvalue weighted by atomic mass is 16.7. The first kappa shape index (κ1) is 17.4. The molecule has 20 heavy (non-hydrogen) atoms. The Hall–Kier alpha value is -0.690. The maximum Gasteiger partial charge on any atom is 0.239 e. The van der Waals surface area contributed by atoms with Gasteiger partial charge in [-0.2, -0.15) is 0 Å². The van der Waals surface area contributed by atoms with Crippen LogP contribution in [-0.4, -0.2) is 68.7 Å². The first-order valence-corrected chi connectivity index (χ1v) is 7.43. The van der Waals surface area contributed by atoms with Crippen LogP contribution in [0.4, 0.5) is 0 Å². The van der Waals surface area contributed by atoms with E-state index in [-0.39, 0.29) is 24.3 Å². The molecule has 1 atom stereocenters. The van der Waals surface area contributed by atoms with E-state index in [9.17, 15) is 4.79 Å². The van der Waals surface area contributed by atoms with E-state index >= 15 is 0 Å². The molecule has 0 radical (unpaired) electrons. The van der Waals surface area contributed by atoms with Gasteiger partial charge in [-0.25, -0.2) is 0 Å². The van der Waals surface area contributed by atoms with Gasteiger partial charge in [-0.05, 0) is 27.7 Å². The molecule has 118 valence electrons. The molecule has 0 saturated carbocycles. The Morgan fingerprint density at radius 1 is 1.35 bits per heavy atom. The molecule has 1 unspecified atom stereocenters. The van der Waals surface area contributed by atoms with Crippen molar-refractivity contribution >= 4 is 5.91 Å². The summed E-state index contributed by atoms with van der Waals surface area (Å²) in [5, 5.41) is 2.94. The summed E-state index contributed by atoms with van der Waals surface area (Å²) in [4.78, 5) is 14.3. The van der Waals surface area contributed by atoms with Crippen molar-refractivity contribution in [2.75, 3.05) is 39.5 Å². The van der Waals surface area contributed by atoms with Crippen LogP contribution in [0.15, 0.2) is 0 Å². The quantitative estimate of drug-likeness (QED) is 0.663. The Bertz CT molecular complexity index is 280. The van der Waals surface area contributed by atoms with Gasteiger partial charge in [0.2, 0.25) is 5.91 Å². The lowest BCUT2D eigenvalue weighted by Crippen LogP contribution is -2.56. The summed E-state index contributed by atoms with van der Waals surface area (Å²) in [7, 11) is 0. The van der Waals surface area contributed by atoms with Crippen molar-refractivity contribution < 1.29 is 19.0 Å². The number of nitrogens with one attached hydrogen (secondary N) is 1. The minimum Gasteiger partial charge on any atom is -0.378 e. The highest BCUT2D eigenvalue weighted by molar-refractivity contribution is 5.82. The fourth-order valence-corrected chi connectivity index (χ4v) is 2.20. The number of morpholine rings is 1. The molecule has 0 bridgehead atoms. The Balaban J connectivity index is 2.60. The molecule has 1 aliphatic rings. The van der Waals surface area contributed by atoms with Gasteiger partial charge in [-0.1, -0.05) is 0 Å². The lowest BCUT2D eigenvalue weighted by atomic mass is 10.2. The van der Waals surface area contributed by atoms with Gasteiger partial charge in [0.25, 0.3) is 0 Å². The number of amides is 1. The summed E-state index contributed by atoms with van der Waals surface area (Å²) in [6.07, 6.45) is -0.294. The number of rotatable bonds is 8. The van der Waals surface area contributed by atoms with Gasteiger partial charge in [0.15, 0.2) is 6.29 Å². The minimum absolute atomic E-state index is 0.00597. The van der Waals surface area contributed by atoms with Crippen molar-refractivity contribution in [1.82, 2.24) is 10.2 Å². The van der Waals surface area contributed by atoms with Crippen LogP contribution in [0.2, 0.25) is 0 Å². The summed E-state index contributed by atoms with van der Waals surface area (Å²) in [6.45, 7) is 11.3. The van der Waals surface area contributed by atoms with Gasteiger partial charge < -0.3 is 19.5 Å². The highest BCUT2D eigenvalue weighted by Gasteiger charge is 2.31. The van der Waals surface area contributed by atoms with Gasteiger partial charge >= 0.3 is 0 Å². The van der Waals surface area contributed by atoms with E-state index in [1.54, 1.807) is 0 Å². The molecule has 1 fully saturated rings. The minimum atomic E-state index is -0.294. The SMILES string of the molecule is CCOC(CN1CCOCC1C(=O)NC(C)C)OCC. The maximum atomic E-state index is 12.2. The van der Waals surface area contributed by atoms with Crippen LogP contribution in [0.25, 0.3) is 0 Å². The van der Waals surface area contributed by atoms with Crippen molar-refractivity contribution in [3.63, 3.8) is 0 Å². The Kier molecular flexibility index (Phi) is 8.06. The second-order valence-corrected chi connectivity index (χ2v) is 5.09. The third-order valence-electron chi connectivity index (χ3n) is 3.06. The van der Waals surface area contributed by atoms with E-state index in [1.807, 2.05) is 27.7 Å². The average molecular weight is 288 g/mol. The largest absolute Gasteiger partial charge is 0.378 e. The second-order valence-electron chi connectivity index (χ2n) is 5.09. The van der Waals surface area contributed by atoms with Gasteiger partial charge in [-0.3, -0.25) is 9.69 Å². The fourth-order valence-electron chi connectivity index (χ4n) is 2.20. The van der Waals surface area contributed by atoms with E-state index in [0.29, 0.717) is 39.5 Å². The molecule has 1 rings (SSSR count). The van der Waals surface area contributed by atoms with Crippen LogP contribution < -0.4 is 5.32 Å². The lowest BCUT2D eigenvalue weighted by molar-refractivity contribution is -0.163. The maximum absolute atomic E-state index is 12.2. The molecule has 0 aromatic rings. The molecule has 1 saturated heterocycles. The summed E-state index contributed by atoms with van der Waals surface area (Å²) in [5.41, 5.74) is 0. The van der Waals surface area contributed by atoms with E-state index in [4.69, 9.17) is 14.2 Å². The molecule has 0 aliphatic carbocycles. The van der Waals surface area contributed by atoms with Crippen molar-refractivity contribution in [2.24, 2.45) is 0 Å². The average Bonchev–Trinajstić information content (AvgIpc) is 2.39. The number of carbonyl (C=O) groups excluding carboxylic acids is 1. The summed E-state index contributed by atoms with van der Waals surface area (Å²) >= 11 is 0. The zero-order valence-corrected chi connectivity index (χ0v) is 13.1. The molecule has 6 nitrogen and oxygen atoms in total. The number of ether oxygens (including phenoxy) is 3. The van der Waals surface area contributed by atoms with Crippen molar-refractivity contribution in [3.05, 3.63) is 0 Å². The normalized spacial score (nSPS) is 20.6. The van der Waals surface area contributed by atoms with Gasteiger partial charge in [0.1, 0.15) is 6.04 Å². The summed E-state index contributed by atoms with van der Waals surface area (Å²) in [6, 6.07) is -0.143. The highest BCUT2D eigenvalue weighted by Crippen LogP contribution is 2.10. The standard InChI is InChI=1S/C14H28N2O4/c1-5-19-13(20-6-2)9-16-7-8-18-10-12(16)14(17)15-11(3)4/h11-13H,5-10H2,1-4H3,(H,15,17). The molecule has 0 spiro atoms. The molecule has 1 N–H and O–H groups in total. The van der Waals surface area contributed by atoms with Crippen molar-refractivity contribution in [3.8, 4) is 0 Å². The molecule has 1 amide bonds. The monoisotopic (exact) mass is 288 g/mol. The first-order chi connectivity index (χ1) is 9.58. The molecule has 0 aromatic carbocycles. The van der Waals surface area contributed by atoms with Crippen LogP contribution in [0.3, 0.4) is 0 Å². The first-order valence-electron chi connectivity index (χ1n) is 7.43. The van der Waals surface area contributed by atoms with Crippen molar-refractivity contribution in [2.45, 2.75) is 46.1 Å². The smallest absolute Gasteiger partial charge is 0.239 e. The molecule has 0 aromatic heterocycles. The lowest BCUT2D eigenvalue weighted by Gasteiger charge is -2.36. The topological polar surface area (TPSA) is 60.0 Å². The summed E-state index contributed by atoms with van der Waals surface area (Å²) < 4.78 is 16.5. The van der Waals surface area contributed by atoms with Crippen LogP contribution in [0.1, 0.15) is 27.7 Å². The molecule has 1 heterocycles. The molecule has 6 heteroatoms. The Morgan fingerprint density at radius 2 is 2.00 bits per heavy atom. The van der Waals surface area contributed by atoms with Gasteiger partial charge in [-0.15, -0.1) is 0 Å². The van der Waals surface area contributed by atoms with Crippen LogP contribution in [0.5, 0.6) is 0 Å². The fraction of sp³-hybridized carbons (Fsp3) is 0.929. The second kappa shape index (κ2) is 9.28. The van der Waals surface area contributed by atoms with E-state index in [2.05, 4.69) is 10.2 Å². The van der Waals surface area contributed by atoms with Crippen LogP contribution in [0, 0.1) is 0 Å². The zero-order chi connectivity index (χ0) is 15.0. The third kappa shape index (κ3) is 5.75. The predicted molar refractivity (Wildman–Crippen MR) is 76.5 cm³/mol. The van der Waals surface area contributed by atoms with Gasteiger partial charge in [0.05, 0.1) is 19.8 Å². The van der Waals surface area contributed by atoms with E-state index < -0.39 is 0 Å². The van der Waals surface area contributed by atoms with E-state index in [0.717, 1.165) is 0 Å². The Morgan fingerprint density at radius 3 is 2.55 bits per heavy atom. The number of hydrogen-bond donors (Lipinski definition) is 1. The molecule has 1 aliphatic heterocycles. The van der Waals surface area contributed by atoms with Crippen molar-refractivity contribution in [1.29, 1.82) is 0 Å². The molecular weight excluding hydrogens is 260 g/mol. The zero-order valence-electron chi connectivity index (χ0n) is 13.1. The predicted octanol–water partition coefficient (Wildman–Crippen LogP) is 0.611.